The zero-order valence-electron chi connectivity index (χ0n) is 10.4. The molecular formula is C14H21FO2. The molecule has 0 fully saturated rings. The lowest BCUT2D eigenvalue weighted by Gasteiger charge is -2.15. The van der Waals surface area contributed by atoms with Crippen molar-refractivity contribution in [1.29, 1.82) is 0 Å². The highest BCUT2D eigenvalue weighted by atomic mass is 19.1. The summed E-state index contributed by atoms with van der Waals surface area (Å²) >= 11 is 0. The quantitative estimate of drug-likeness (QED) is 0.707. The smallest absolute Gasteiger partial charge is 0.126 e. The summed E-state index contributed by atoms with van der Waals surface area (Å²) in [5.41, 5.74) is 0.578. The van der Waals surface area contributed by atoms with Crippen molar-refractivity contribution >= 4 is 0 Å². The number of ether oxygens (including phenoxy) is 1. The van der Waals surface area contributed by atoms with Gasteiger partial charge in [-0.15, -0.1) is 0 Å². The van der Waals surface area contributed by atoms with Crippen molar-refractivity contribution in [2.75, 3.05) is 19.8 Å². The predicted molar refractivity (Wildman–Crippen MR) is 66.6 cm³/mol. The Bertz CT molecular complexity index is 315. The molecular weight excluding hydrogens is 219 g/mol. The first-order chi connectivity index (χ1) is 8.29. The number of rotatable bonds is 8. The van der Waals surface area contributed by atoms with E-state index in [1.54, 1.807) is 18.2 Å². The lowest BCUT2D eigenvalue weighted by molar-refractivity contribution is 0.116. The maximum atomic E-state index is 13.5. The summed E-state index contributed by atoms with van der Waals surface area (Å²) in [6.45, 7) is 3.38. The summed E-state index contributed by atoms with van der Waals surface area (Å²) in [7, 11) is 0. The second-order valence-corrected chi connectivity index (χ2v) is 4.16. The number of unbranched alkanes of at least 4 members (excludes halogenated alkanes) is 1. The van der Waals surface area contributed by atoms with Crippen molar-refractivity contribution in [2.24, 2.45) is 0 Å². The minimum absolute atomic E-state index is 0.0436. The molecule has 0 aliphatic carbocycles. The van der Waals surface area contributed by atoms with Crippen molar-refractivity contribution in [3.63, 3.8) is 0 Å². The molecule has 17 heavy (non-hydrogen) atoms. The van der Waals surface area contributed by atoms with Crippen LogP contribution in [-0.4, -0.2) is 24.9 Å². The standard InChI is InChI=1S/C14H21FO2/c1-2-3-9-17-10-8-12(11-16)13-6-4-5-7-14(13)15/h4-7,12,16H,2-3,8-11H2,1H3. The number of benzene rings is 1. The third-order valence-electron chi connectivity index (χ3n) is 2.82. The van der Waals surface area contributed by atoms with Gasteiger partial charge in [-0.25, -0.2) is 4.39 Å². The van der Waals surface area contributed by atoms with Gasteiger partial charge in [0.2, 0.25) is 0 Å². The van der Waals surface area contributed by atoms with E-state index < -0.39 is 0 Å². The molecule has 0 aromatic heterocycles. The fourth-order valence-electron chi connectivity index (χ4n) is 1.73. The van der Waals surface area contributed by atoms with Crippen molar-refractivity contribution < 1.29 is 14.2 Å². The van der Waals surface area contributed by atoms with Gasteiger partial charge in [-0.1, -0.05) is 31.5 Å². The van der Waals surface area contributed by atoms with Crippen molar-refractivity contribution in [2.45, 2.75) is 32.1 Å². The first-order valence-electron chi connectivity index (χ1n) is 6.22. The molecule has 0 heterocycles. The van der Waals surface area contributed by atoms with Crippen LogP contribution in [0.5, 0.6) is 0 Å². The highest BCUT2D eigenvalue weighted by molar-refractivity contribution is 5.21. The Morgan fingerprint density at radius 2 is 2.06 bits per heavy atom. The maximum Gasteiger partial charge on any atom is 0.126 e. The van der Waals surface area contributed by atoms with Gasteiger partial charge in [-0.05, 0) is 24.5 Å². The molecule has 1 aromatic carbocycles. The average molecular weight is 240 g/mol. The lowest BCUT2D eigenvalue weighted by atomic mass is 9.96. The van der Waals surface area contributed by atoms with Gasteiger partial charge in [0, 0.05) is 19.1 Å². The van der Waals surface area contributed by atoms with E-state index in [0.29, 0.717) is 18.6 Å². The molecule has 0 spiro atoms. The van der Waals surface area contributed by atoms with Crippen LogP contribution in [0, 0.1) is 5.82 Å². The Balaban J connectivity index is 2.41. The van der Waals surface area contributed by atoms with Gasteiger partial charge < -0.3 is 9.84 Å². The molecule has 1 aromatic rings. The van der Waals surface area contributed by atoms with Gasteiger partial charge in [-0.3, -0.25) is 0 Å². The fourth-order valence-corrected chi connectivity index (χ4v) is 1.73. The third-order valence-corrected chi connectivity index (χ3v) is 2.82. The molecule has 0 saturated carbocycles. The van der Waals surface area contributed by atoms with Crippen molar-refractivity contribution in [1.82, 2.24) is 0 Å². The van der Waals surface area contributed by atoms with Crippen LogP contribution in [0.25, 0.3) is 0 Å². The Labute approximate surface area is 102 Å². The zero-order valence-corrected chi connectivity index (χ0v) is 10.4. The third kappa shape index (κ3) is 4.84. The van der Waals surface area contributed by atoms with E-state index in [4.69, 9.17) is 4.74 Å². The average Bonchev–Trinajstić information content (AvgIpc) is 2.35. The second-order valence-electron chi connectivity index (χ2n) is 4.16. The van der Waals surface area contributed by atoms with Crippen LogP contribution >= 0.6 is 0 Å². The molecule has 1 rings (SSSR count). The van der Waals surface area contributed by atoms with Crippen LogP contribution in [0.4, 0.5) is 4.39 Å². The lowest BCUT2D eigenvalue weighted by Crippen LogP contribution is -2.10. The molecule has 0 aliphatic rings. The highest BCUT2D eigenvalue weighted by Crippen LogP contribution is 2.21. The van der Waals surface area contributed by atoms with E-state index in [1.165, 1.54) is 6.07 Å². The normalized spacial score (nSPS) is 12.6. The van der Waals surface area contributed by atoms with Gasteiger partial charge in [0.1, 0.15) is 5.82 Å². The Kier molecular flexibility index (Phi) is 6.82. The first kappa shape index (κ1) is 14.1. The highest BCUT2D eigenvalue weighted by Gasteiger charge is 2.14. The summed E-state index contributed by atoms with van der Waals surface area (Å²) in [6, 6.07) is 6.60. The SMILES string of the molecule is CCCCOCCC(CO)c1ccccc1F. The van der Waals surface area contributed by atoms with Crippen molar-refractivity contribution in [3.05, 3.63) is 35.6 Å². The Morgan fingerprint density at radius 3 is 2.71 bits per heavy atom. The molecule has 0 saturated heterocycles. The molecule has 1 unspecified atom stereocenters. The van der Waals surface area contributed by atoms with Gasteiger partial charge in [0.05, 0.1) is 6.61 Å². The van der Waals surface area contributed by atoms with Crippen LogP contribution in [0.15, 0.2) is 24.3 Å². The summed E-state index contributed by atoms with van der Waals surface area (Å²) < 4.78 is 18.9. The second kappa shape index (κ2) is 8.20. The van der Waals surface area contributed by atoms with E-state index >= 15 is 0 Å². The van der Waals surface area contributed by atoms with Gasteiger partial charge in [-0.2, -0.15) is 0 Å². The first-order valence-corrected chi connectivity index (χ1v) is 6.22. The molecule has 0 radical (unpaired) electrons. The van der Waals surface area contributed by atoms with Gasteiger partial charge in [0.15, 0.2) is 0 Å². The van der Waals surface area contributed by atoms with Gasteiger partial charge >= 0.3 is 0 Å². The molecule has 1 N–H and O–H groups in total. The van der Waals surface area contributed by atoms with Crippen molar-refractivity contribution in [3.8, 4) is 0 Å². The van der Waals surface area contributed by atoms with Gasteiger partial charge in [0.25, 0.3) is 0 Å². The number of aliphatic hydroxyl groups is 1. The summed E-state index contributed by atoms with van der Waals surface area (Å²) in [5.74, 6) is -0.419. The summed E-state index contributed by atoms with van der Waals surface area (Å²) in [4.78, 5) is 0. The minimum atomic E-state index is -0.250. The molecule has 96 valence electrons. The summed E-state index contributed by atoms with van der Waals surface area (Å²) in [6.07, 6.45) is 2.81. The monoisotopic (exact) mass is 240 g/mol. The number of hydrogen-bond donors (Lipinski definition) is 1. The number of halogens is 1. The molecule has 2 nitrogen and oxygen atoms in total. The van der Waals surface area contributed by atoms with Crippen LogP contribution in [0.2, 0.25) is 0 Å². The predicted octanol–water partition coefficient (Wildman–Crippen LogP) is 3.11. The maximum absolute atomic E-state index is 13.5. The largest absolute Gasteiger partial charge is 0.396 e. The molecule has 1 atom stereocenters. The van der Waals surface area contributed by atoms with E-state index in [1.807, 2.05) is 0 Å². The van der Waals surface area contributed by atoms with E-state index in [9.17, 15) is 9.50 Å². The van der Waals surface area contributed by atoms with Crippen LogP contribution in [0.3, 0.4) is 0 Å². The molecule has 3 heteroatoms. The minimum Gasteiger partial charge on any atom is -0.396 e. The number of aliphatic hydroxyl groups excluding tert-OH is 1. The molecule has 0 amide bonds. The topological polar surface area (TPSA) is 29.5 Å². The number of hydrogen-bond acceptors (Lipinski definition) is 2. The molecule has 0 aliphatic heterocycles. The van der Waals surface area contributed by atoms with E-state index in [-0.39, 0.29) is 18.3 Å². The fraction of sp³-hybridized carbons (Fsp3) is 0.571. The van der Waals surface area contributed by atoms with Crippen LogP contribution < -0.4 is 0 Å². The van der Waals surface area contributed by atoms with E-state index in [2.05, 4.69) is 6.92 Å². The van der Waals surface area contributed by atoms with Crippen LogP contribution in [-0.2, 0) is 4.74 Å². The Morgan fingerprint density at radius 1 is 1.29 bits per heavy atom. The Hall–Kier alpha value is -0.930. The summed E-state index contributed by atoms with van der Waals surface area (Å²) in [5, 5.41) is 9.28. The van der Waals surface area contributed by atoms with E-state index in [0.717, 1.165) is 19.4 Å². The van der Waals surface area contributed by atoms with Crippen LogP contribution in [0.1, 0.15) is 37.7 Å². The zero-order chi connectivity index (χ0) is 12.5. The molecule has 0 bridgehead atoms.